The fourth-order valence-electron chi connectivity index (χ4n) is 1.88. The van der Waals surface area contributed by atoms with E-state index in [1.807, 2.05) is 0 Å². The Balaban J connectivity index is 1.63. The second kappa shape index (κ2) is 9.16. The Kier molecular flexibility index (Phi) is 6.92. The molecule has 1 aromatic heterocycles. The van der Waals surface area contributed by atoms with Crippen molar-refractivity contribution in [2.24, 2.45) is 5.73 Å². The number of aromatic nitrogens is 2. The number of phenols is 1. The Labute approximate surface area is 148 Å². The van der Waals surface area contributed by atoms with E-state index in [0.717, 1.165) is 11.5 Å². The van der Waals surface area contributed by atoms with E-state index in [2.05, 4.69) is 14.7 Å². The van der Waals surface area contributed by atoms with Gasteiger partial charge < -0.3 is 30.7 Å². The fraction of sp³-hybridized carbons (Fsp3) is 0.400. The summed E-state index contributed by atoms with van der Waals surface area (Å²) in [7, 11) is 0. The molecule has 1 amide bonds. The summed E-state index contributed by atoms with van der Waals surface area (Å²) in [5.74, 6) is 0.143. The number of carbonyl (C=O) groups is 1. The van der Waals surface area contributed by atoms with Gasteiger partial charge in [-0.2, -0.15) is 9.36 Å². The van der Waals surface area contributed by atoms with Crippen LogP contribution in [-0.4, -0.2) is 57.9 Å². The van der Waals surface area contributed by atoms with Crippen LogP contribution in [0.4, 0.5) is 0 Å². The van der Waals surface area contributed by atoms with Gasteiger partial charge in [0.05, 0.1) is 5.56 Å². The molecule has 1 unspecified atom stereocenters. The van der Waals surface area contributed by atoms with E-state index in [-0.39, 0.29) is 17.9 Å². The molecule has 0 saturated heterocycles. The summed E-state index contributed by atoms with van der Waals surface area (Å²) in [5.41, 5.74) is 5.16. The second-order valence-corrected chi connectivity index (χ2v) is 5.88. The van der Waals surface area contributed by atoms with Crippen LogP contribution in [0.25, 0.3) is 0 Å². The Bertz CT molecular complexity index is 709. The number of aromatic hydroxyl groups is 1. The largest absolute Gasteiger partial charge is 0.507 e. The Morgan fingerprint density at radius 1 is 1.44 bits per heavy atom. The molecule has 0 radical (unpaired) electrons. The Morgan fingerprint density at radius 3 is 2.92 bits per heavy atom. The predicted octanol–water partition coefficient (Wildman–Crippen LogP) is 0.0593. The number of carbonyl (C=O) groups excluding carboxylic acids is 1. The fourth-order valence-corrected chi connectivity index (χ4v) is 2.42. The molecule has 0 spiro atoms. The summed E-state index contributed by atoms with van der Waals surface area (Å²) >= 11 is 1.14. The van der Waals surface area contributed by atoms with Gasteiger partial charge in [0.2, 0.25) is 0 Å². The van der Waals surface area contributed by atoms with Gasteiger partial charge in [-0.25, -0.2) is 0 Å². The minimum atomic E-state index is -0.727. The summed E-state index contributed by atoms with van der Waals surface area (Å²) in [6, 6.07) is 4.26. The number of nitrogens with one attached hydrogen (secondary N) is 1. The molecule has 2 rings (SSSR count). The molecule has 0 aliphatic rings. The molecule has 1 atom stereocenters. The molecule has 9 nitrogen and oxygen atoms in total. The first kappa shape index (κ1) is 18.9. The van der Waals surface area contributed by atoms with Gasteiger partial charge in [-0.3, -0.25) is 4.79 Å². The number of primary amides is 1. The number of nitrogens with two attached hydrogens (primary N) is 1. The normalized spacial score (nSPS) is 11.9. The van der Waals surface area contributed by atoms with Crippen molar-refractivity contribution in [2.45, 2.75) is 13.0 Å². The van der Waals surface area contributed by atoms with Crippen molar-refractivity contribution in [2.75, 3.05) is 26.3 Å². The van der Waals surface area contributed by atoms with Crippen molar-refractivity contribution >= 4 is 17.4 Å². The molecule has 1 heterocycles. The third-order valence-electron chi connectivity index (χ3n) is 3.07. The maximum Gasteiger partial charge on any atom is 0.293 e. The average molecular weight is 368 g/mol. The standard InChI is InChI=1S/C15H20N4O5S/c1-9-18-15(25-19-9)24-8-10(20)7-17-4-5-23-11-2-3-13(21)12(6-11)14(16)22/h2-3,6,10,17,20-21H,4-5,7-8H2,1H3,(H2,16,22). The number of aryl methyl sites for hydroxylation is 1. The van der Waals surface area contributed by atoms with Crippen molar-refractivity contribution in [1.82, 2.24) is 14.7 Å². The van der Waals surface area contributed by atoms with Gasteiger partial charge in [0.25, 0.3) is 11.1 Å². The van der Waals surface area contributed by atoms with E-state index in [0.29, 0.717) is 36.5 Å². The highest BCUT2D eigenvalue weighted by molar-refractivity contribution is 7.07. The molecule has 0 saturated carbocycles. The van der Waals surface area contributed by atoms with Crippen LogP contribution in [0.1, 0.15) is 16.2 Å². The van der Waals surface area contributed by atoms with E-state index in [1.54, 1.807) is 6.92 Å². The van der Waals surface area contributed by atoms with Crippen LogP contribution >= 0.6 is 11.5 Å². The van der Waals surface area contributed by atoms with Gasteiger partial charge in [0.1, 0.15) is 36.6 Å². The van der Waals surface area contributed by atoms with Crippen molar-refractivity contribution in [3.63, 3.8) is 0 Å². The van der Waals surface area contributed by atoms with Crippen LogP contribution in [0.2, 0.25) is 0 Å². The molecule has 136 valence electrons. The summed E-state index contributed by atoms with van der Waals surface area (Å²) in [6.45, 7) is 2.99. The third-order valence-corrected chi connectivity index (χ3v) is 3.79. The second-order valence-electron chi connectivity index (χ2n) is 5.17. The van der Waals surface area contributed by atoms with Gasteiger partial charge in [0.15, 0.2) is 0 Å². The number of benzene rings is 1. The number of ether oxygens (including phenoxy) is 2. The number of aliphatic hydroxyl groups is 1. The quantitative estimate of drug-likeness (QED) is 0.432. The molecule has 0 bridgehead atoms. The number of hydrogen-bond acceptors (Lipinski definition) is 9. The number of rotatable bonds is 10. The van der Waals surface area contributed by atoms with E-state index >= 15 is 0 Å². The van der Waals surface area contributed by atoms with E-state index in [9.17, 15) is 15.0 Å². The first-order valence-corrected chi connectivity index (χ1v) is 8.30. The lowest BCUT2D eigenvalue weighted by atomic mass is 10.2. The predicted molar refractivity (Wildman–Crippen MR) is 91.1 cm³/mol. The maximum atomic E-state index is 11.1. The summed E-state index contributed by atoms with van der Waals surface area (Å²) in [4.78, 5) is 15.2. The Hall–Kier alpha value is -2.43. The highest BCUT2D eigenvalue weighted by Gasteiger charge is 2.09. The van der Waals surface area contributed by atoms with Crippen LogP contribution < -0.4 is 20.5 Å². The topological polar surface area (TPSA) is 140 Å². The SMILES string of the molecule is Cc1nsc(OCC(O)CNCCOc2ccc(O)c(C(N)=O)c2)n1. The molecular formula is C15H20N4O5S. The monoisotopic (exact) mass is 368 g/mol. The van der Waals surface area contributed by atoms with Gasteiger partial charge in [0, 0.05) is 24.6 Å². The van der Waals surface area contributed by atoms with Crippen LogP contribution in [0.5, 0.6) is 16.7 Å². The molecule has 1 aromatic carbocycles. The van der Waals surface area contributed by atoms with Gasteiger partial charge in [-0.1, -0.05) is 0 Å². The summed E-state index contributed by atoms with van der Waals surface area (Å²) in [6.07, 6.45) is -0.695. The van der Waals surface area contributed by atoms with Crippen LogP contribution in [0, 0.1) is 6.92 Å². The van der Waals surface area contributed by atoms with Crippen LogP contribution in [-0.2, 0) is 0 Å². The first-order valence-electron chi connectivity index (χ1n) is 7.53. The molecule has 10 heteroatoms. The smallest absolute Gasteiger partial charge is 0.293 e. The average Bonchev–Trinajstić information content (AvgIpc) is 2.99. The third kappa shape index (κ3) is 6.18. The molecule has 0 fully saturated rings. The zero-order valence-corrected chi connectivity index (χ0v) is 14.5. The number of amides is 1. The minimum Gasteiger partial charge on any atom is -0.507 e. The van der Waals surface area contributed by atoms with Gasteiger partial charge in [-0.15, -0.1) is 0 Å². The van der Waals surface area contributed by atoms with Gasteiger partial charge in [-0.05, 0) is 25.1 Å². The van der Waals surface area contributed by atoms with Crippen LogP contribution in [0.3, 0.4) is 0 Å². The summed E-state index contributed by atoms with van der Waals surface area (Å²) in [5, 5.41) is 22.8. The lowest BCUT2D eigenvalue weighted by Gasteiger charge is -2.12. The first-order chi connectivity index (χ1) is 12.0. The van der Waals surface area contributed by atoms with E-state index in [4.69, 9.17) is 15.2 Å². The van der Waals surface area contributed by atoms with Crippen molar-refractivity contribution in [3.05, 3.63) is 29.6 Å². The molecule has 0 aliphatic heterocycles. The van der Waals surface area contributed by atoms with Crippen molar-refractivity contribution in [1.29, 1.82) is 0 Å². The lowest BCUT2D eigenvalue weighted by molar-refractivity contribution is 0.0996. The zero-order chi connectivity index (χ0) is 18.2. The molecule has 2 aromatic rings. The Morgan fingerprint density at radius 2 is 2.24 bits per heavy atom. The summed E-state index contributed by atoms with van der Waals surface area (Å²) < 4.78 is 14.8. The maximum absolute atomic E-state index is 11.1. The van der Waals surface area contributed by atoms with E-state index < -0.39 is 12.0 Å². The van der Waals surface area contributed by atoms with Crippen molar-refractivity contribution in [3.8, 4) is 16.7 Å². The minimum absolute atomic E-state index is 0.00458. The number of aliphatic hydroxyl groups excluding tert-OH is 1. The lowest BCUT2D eigenvalue weighted by Crippen LogP contribution is -2.33. The number of nitrogens with zero attached hydrogens (tertiary/aromatic N) is 2. The molecule has 25 heavy (non-hydrogen) atoms. The van der Waals surface area contributed by atoms with Gasteiger partial charge >= 0.3 is 0 Å². The highest BCUT2D eigenvalue weighted by atomic mass is 32.1. The zero-order valence-electron chi connectivity index (χ0n) is 13.6. The van der Waals surface area contributed by atoms with Crippen molar-refractivity contribution < 1.29 is 24.5 Å². The molecule has 5 N–H and O–H groups in total. The molecular weight excluding hydrogens is 348 g/mol. The highest BCUT2D eigenvalue weighted by Crippen LogP contribution is 2.22. The van der Waals surface area contributed by atoms with Crippen LogP contribution in [0.15, 0.2) is 18.2 Å². The van der Waals surface area contributed by atoms with E-state index in [1.165, 1.54) is 18.2 Å². The molecule has 0 aliphatic carbocycles. The number of hydrogen-bond donors (Lipinski definition) is 4.